The second kappa shape index (κ2) is 7.04. The summed E-state index contributed by atoms with van der Waals surface area (Å²) in [7, 11) is 0. The van der Waals surface area contributed by atoms with E-state index in [4.69, 9.17) is 4.74 Å². The largest absolute Gasteiger partial charge is 0.464 e. The summed E-state index contributed by atoms with van der Waals surface area (Å²) >= 11 is 0. The number of esters is 1. The van der Waals surface area contributed by atoms with Crippen molar-refractivity contribution in [1.29, 1.82) is 0 Å². The van der Waals surface area contributed by atoms with E-state index in [9.17, 15) is 14.4 Å². The van der Waals surface area contributed by atoms with Crippen LogP contribution in [0.4, 0.5) is 0 Å². The van der Waals surface area contributed by atoms with Gasteiger partial charge in [-0.25, -0.2) is 9.78 Å². The van der Waals surface area contributed by atoms with E-state index in [0.717, 1.165) is 18.4 Å². The third-order valence-electron chi connectivity index (χ3n) is 4.42. The third kappa shape index (κ3) is 3.26. The lowest BCUT2D eigenvalue weighted by atomic mass is 10.0. The molecule has 1 atom stereocenters. The highest BCUT2D eigenvalue weighted by molar-refractivity contribution is 5.96. The molecule has 0 bridgehead atoms. The molecule has 3 heterocycles. The maximum Gasteiger partial charge on any atom is 0.328 e. The lowest BCUT2D eigenvalue weighted by Gasteiger charge is -2.33. The Morgan fingerprint density at radius 1 is 1.36 bits per heavy atom. The molecule has 0 aliphatic carbocycles. The van der Waals surface area contributed by atoms with E-state index in [1.807, 2.05) is 6.92 Å². The van der Waals surface area contributed by atoms with Crippen LogP contribution >= 0.6 is 0 Å². The van der Waals surface area contributed by atoms with Gasteiger partial charge in [0.1, 0.15) is 17.3 Å². The molecule has 7 nitrogen and oxygen atoms in total. The molecule has 1 amide bonds. The number of rotatable bonds is 3. The second-order valence-corrected chi connectivity index (χ2v) is 6.17. The van der Waals surface area contributed by atoms with Crippen LogP contribution in [0.2, 0.25) is 0 Å². The van der Waals surface area contributed by atoms with E-state index < -0.39 is 23.5 Å². The predicted octanol–water partition coefficient (Wildman–Crippen LogP) is 1.56. The summed E-state index contributed by atoms with van der Waals surface area (Å²) in [6.45, 7) is 4.33. The van der Waals surface area contributed by atoms with Crippen molar-refractivity contribution in [3.8, 4) is 0 Å². The molecule has 0 saturated carbocycles. The van der Waals surface area contributed by atoms with Gasteiger partial charge in [0.25, 0.3) is 11.5 Å². The highest BCUT2D eigenvalue weighted by Gasteiger charge is 2.34. The normalized spacial score (nSPS) is 17.5. The molecule has 3 rings (SSSR count). The topological polar surface area (TPSA) is 81.0 Å². The molecule has 2 aromatic rings. The van der Waals surface area contributed by atoms with Crippen molar-refractivity contribution in [2.45, 2.75) is 39.2 Å². The fourth-order valence-corrected chi connectivity index (χ4v) is 3.14. The van der Waals surface area contributed by atoms with Crippen LogP contribution in [0.3, 0.4) is 0 Å². The molecule has 0 spiro atoms. The van der Waals surface area contributed by atoms with Gasteiger partial charge in [0, 0.05) is 18.9 Å². The number of hydrogen-bond donors (Lipinski definition) is 0. The van der Waals surface area contributed by atoms with E-state index in [0.29, 0.717) is 18.6 Å². The Hall–Kier alpha value is -2.70. The molecular formula is C18H21N3O4. The number of aryl methyl sites for hydroxylation is 1. The van der Waals surface area contributed by atoms with Crippen LogP contribution in [0.15, 0.2) is 29.3 Å². The summed E-state index contributed by atoms with van der Waals surface area (Å²) in [5, 5.41) is 0. The zero-order valence-electron chi connectivity index (χ0n) is 14.4. The number of ether oxygens (including phenoxy) is 1. The van der Waals surface area contributed by atoms with Gasteiger partial charge in [-0.2, -0.15) is 0 Å². The van der Waals surface area contributed by atoms with Crippen molar-refractivity contribution in [2.24, 2.45) is 0 Å². The summed E-state index contributed by atoms with van der Waals surface area (Å²) in [5.41, 5.74) is 1.01. The van der Waals surface area contributed by atoms with Crippen molar-refractivity contribution >= 4 is 17.5 Å². The molecule has 132 valence electrons. The van der Waals surface area contributed by atoms with E-state index in [2.05, 4.69) is 4.98 Å². The molecule has 1 fully saturated rings. The van der Waals surface area contributed by atoms with Crippen LogP contribution < -0.4 is 5.56 Å². The van der Waals surface area contributed by atoms with E-state index >= 15 is 0 Å². The molecule has 7 heteroatoms. The average molecular weight is 343 g/mol. The Morgan fingerprint density at radius 2 is 2.16 bits per heavy atom. The zero-order chi connectivity index (χ0) is 18.0. The minimum absolute atomic E-state index is 0.0300. The fourth-order valence-electron chi connectivity index (χ4n) is 3.14. The smallest absolute Gasteiger partial charge is 0.328 e. The Balaban J connectivity index is 1.97. The van der Waals surface area contributed by atoms with Gasteiger partial charge in [-0.1, -0.05) is 0 Å². The van der Waals surface area contributed by atoms with Crippen molar-refractivity contribution in [2.75, 3.05) is 13.2 Å². The van der Waals surface area contributed by atoms with Crippen LogP contribution in [0.5, 0.6) is 0 Å². The number of aromatic nitrogens is 2. The predicted molar refractivity (Wildman–Crippen MR) is 91.5 cm³/mol. The summed E-state index contributed by atoms with van der Waals surface area (Å²) in [4.78, 5) is 43.4. The summed E-state index contributed by atoms with van der Waals surface area (Å²) in [6.07, 6.45) is 5.10. The lowest BCUT2D eigenvalue weighted by Crippen LogP contribution is -2.50. The van der Waals surface area contributed by atoms with Crippen LogP contribution in [0, 0.1) is 6.92 Å². The maximum atomic E-state index is 12.9. The fraction of sp³-hybridized carbons (Fsp3) is 0.444. The number of hydrogen-bond acceptors (Lipinski definition) is 5. The lowest BCUT2D eigenvalue weighted by molar-refractivity contribution is -0.149. The van der Waals surface area contributed by atoms with Crippen molar-refractivity contribution in [3.63, 3.8) is 0 Å². The number of carbonyl (C=O) groups excluding carboxylic acids is 2. The van der Waals surface area contributed by atoms with E-state index in [-0.39, 0.29) is 12.2 Å². The van der Waals surface area contributed by atoms with Gasteiger partial charge in [0.2, 0.25) is 0 Å². The maximum absolute atomic E-state index is 12.9. The Kier molecular flexibility index (Phi) is 4.83. The average Bonchev–Trinajstić information content (AvgIpc) is 2.61. The summed E-state index contributed by atoms with van der Waals surface area (Å²) < 4.78 is 6.43. The van der Waals surface area contributed by atoms with Gasteiger partial charge < -0.3 is 9.64 Å². The SMILES string of the molecule is CCOC(=O)[C@@H]1CCCCN1C(=O)c1cnc2cc(C)ccn2c1=O. The highest BCUT2D eigenvalue weighted by atomic mass is 16.5. The van der Waals surface area contributed by atoms with Crippen molar-refractivity contribution in [3.05, 3.63) is 46.0 Å². The Morgan fingerprint density at radius 3 is 2.92 bits per heavy atom. The van der Waals surface area contributed by atoms with E-state index in [1.54, 1.807) is 25.3 Å². The van der Waals surface area contributed by atoms with Crippen LogP contribution in [0.25, 0.3) is 5.65 Å². The van der Waals surface area contributed by atoms with Crippen LogP contribution in [-0.4, -0.2) is 45.4 Å². The van der Waals surface area contributed by atoms with Gasteiger partial charge in [-0.15, -0.1) is 0 Å². The first-order chi connectivity index (χ1) is 12.0. The first kappa shape index (κ1) is 17.1. The first-order valence-electron chi connectivity index (χ1n) is 8.48. The van der Waals surface area contributed by atoms with E-state index in [1.165, 1.54) is 15.5 Å². The zero-order valence-corrected chi connectivity index (χ0v) is 14.4. The monoisotopic (exact) mass is 343 g/mol. The first-order valence-corrected chi connectivity index (χ1v) is 8.48. The standard InChI is InChI=1S/C18H21N3O4/c1-3-25-18(24)14-6-4-5-8-20(14)16(22)13-11-19-15-10-12(2)7-9-21(15)17(13)23/h7,9-11,14H,3-6,8H2,1-2H3/t14-/m0/s1. The molecule has 0 N–H and O–H groups in total. The molecule has 1 saturated heterocycles. The molecule has 2 aromatic heterocycles. The Labute approximate surface area is 145 Å². The number of fused-ring (bicyclic) bond motifs is 1. The van der Waals surface area contributed by atoms with Crippen LogP contribution in [-0.2, 0) is 9.53 Å². The molecule has 1 aliphatic rings. The number of pyridine rings is 1. The molecule has 1 aliphatic heterocycles. The van der Waals surface area contributed by atoms with Crippen LogP contribution in [0.1, 0.15) is 42.1 Å². The number of carbonyl (C=O) groups is 2. The molecular weight excluding hydrogens is 322 g/mol. The Bertz CT molecular complexity index is 874. The third-order valence-corrected chi connectivity index (χ3v) is 4.42. The number of likely N-dealkylation sites (tertiary alicyclic amines) is 1. The van der Waals surface area contributed by atoms with Gasteiger partial charge in [-0.05, 0) is 50.8 Å². The summed E-state index contributed by atoms with van der Waals surface area (Å²) in [5.74, 6) is -0.884. The van der Waals surface area contributed by atoms with Crippen molar-refractivity contribution in [1.82, 2.24) is 14.3 Å². The highest BCUT2D eigenvalue weighted by Crippen LogP contribution is 2.20. The van der Waals surface area contributed by atoms with Crippen molar-refractivity contribution < 1.29 is 14.3 Å². The van der Waals surface area contributed by atoms with Gasteiger partial charge in [-0.3, -0.25) is 14.0 Å². The molecule has 0 radical (unpaired) electrons. The number of nitrogens with zero attached hydrogens (tertiary/aromatic N) is 3. The molecule has 0 unspecified atom stereocenters. The summed E-state index contributed by atoms with van der Waals surface area (Å²) in [6, 6.07) is 2.92. The number of amides is 1. The minimum atomic E-state index is -0.640. The molecule has 0 aromatic carbocycles. The number of piperidine rings is 1. The quantitative estimate of drug-likeness (QED) is 0.790. The minimum Gasteiger partial charge on any atom is -0.464 e. The van der Waals surface area contributed by atoms with Gasteiger partial charge >= 0.3 is 5.97 Å². The van der Waals surface area contributed by atoms with Gasteiger partial charge in [0.15, 0.2) is 0 Å². The molecule has 25 heavy (non-hydrogen) atoms. The van der Waals surface area contributed by atoms with Gasteiger partial charge in [0.05, 0.1) is 6.61 Å². The second-order valence-electron chi connectivity index (χ2n) is 6.17.